The zero-order valence-electron chi connectivity index (χ0n) is 12.4. The number of nitrogens with one attached hydrogen (secondary N) is 2. The van der Waals surface area contributed by atoms with Crippen LogP contribution in [-0.2, 0) is 9.59 Å². The first kappa shape index (κ1) is 17.2. The summed E-state index contributed by atoms with van der Waals surface area (Å²) in [5, 5.41) is 14.3. The van der Waals surface area contributed by atoms with Crippen molar-refractivity contribution in [2.45, 2.75) is 18.4 Å². The molecular formula is C15H15ClN4O2S. The molecule has 0 aliphatic rings. The monoisotopic (exact) mass is 350 g/mol. The lowest BCUT2D eigenvalue weighted by Crippen LogP contribution is -2.14. The van der Waals surface area contributed by atoms with Crippen molar-refractivity contribution >= 4 is 46.7 Å². The highest BCUT2D eigenvalue weighted by molar-refractivity contribution is 7.99. The highest BCUT2D eigenvalue weighted by atomic mass is 35.5. The van der Waals surface area contributed by atoms with Gasteiger partial charge in [0.05, 0.1) is 16.5 Å². The fraction of sp³-hybridized carbons (Fsp3) is 0.200. The van der Waals surface area contributed by atoms with Gasteiger partial charge in [0.15, 0.2) is 5.82 Å². The number of aromatic nitrogens is 2. The van der Waals surface area contributed by atoms with Crippen LogP contribution in [0.1, 0.15) is 13.3 Å². The van der Waals surface area contributed by atoms with Gasteiger partial charge >= 0.3 is 0 Å². The fourth-order valence-corrected chi connectivity index (χ4v) is 2.38. The van der Waals surface area contributed by atoms with Crippen LogP contribution in [0.4, 0.5) is 11.5 Å². The minimum absolute atomic E-state index is 0.126. The van der Waals surface area contributed by atoms with Crippen LogP contribution >= 0.6 is 23.4 Å². The van der Waals surface area contributed by atoms with Gasteiger partial charge in [-0.25, -0.2) is 0 Å². The Morgan fingerprint density at radius 2 is 1.87 bits per heavy atom. The lowest BCUT2D eigenvalue weighted by molar-refractivity contribution is -0.116. The van der Waals surface area contributed by atoms with Crippen LogP contribution in [0.2, 0.25) is 5.02 Å². The number of benzene rings is 1. The molecule has 1 heterocycles. The number of para-hydroxylation sites is 1. The zero-order valence-corrected chi connectivity index (χ0v) is 13.9. The molecule has 8 heteroatoms. The van der Waals surface area contributed by atoms with Crippen LogP contribution in [0.5, 0.6) is 0 Å². The third-order valence-electron chi connectivity index (χ3n) is 2.73. The Labute approximate surface area is 143 Å². The Balaban J connectivity index is 1.84. The highest BCUT2D eigenvalue weighted by Crippen LogP contribution is 2.21. The molecule has 0 radical (unpaired) electrons. The summed E-state index contributed by atoms with van der Waals surface area (Å²) in [6, 6.07) is 10.4. The van der Waals surface area contributed by atoms with Gasteiger partial charge in [-0.3, -0.25) is 9.59 Å². The smallest absolute Gasteiger partial charge is 0.234 e. The Morgan fingerprint density at radius 1 is 1.09 bits per heavy atom. The third-order valence-corrected chi connectivity index (χ3v) is 3.98. The van der Waals surface area contributed by atoms with Gasteiger partial charge in [0.1, 0.15) is 5.03 Å². The molecule has 2 aromatic rings. The Kier molecular flexibility index (Phi) is 6.37. The summed E-state index contributed by atoms with van der Waals surface area (Å²) < 4.78 is 0. The average molecular weight is 351 g/mol. The van der Waals surface area contributed by atoms with E-state index in [2.05, 4.69) is 20.8 Å². The summed E-state index contributed by atoms with van der Waals surface area (Å²) >= 11 is 7.22. The lowest BCUT2D eigenvalue weighted by Gasteiger charge is -2.06. The molecular weight excluding hydrogens is 336 g/mol. The van der Waals surface area contributed by atoms with Crippen LogP contribution in [0, 0.1) is 0 Å². The number of amides is 2. The standard InChI is InChI=1S/C15H15ClN4O2S/c1-2-13(21)18-12-7-8-15(20-19-12)23-9-14(22)17-11-6-4-3-5-10(11)16/h3-8H,2,9H2,1H3,(H,17,22)(H,18,19,21). The predicted molar refractivity (Wildman–Crippen MR) is 91.8 cm³/mol. The second kappa shape index (κ2) is 8.50. The predicted octanol–water partition coefficient (Wildman–Crippen LogP) is 3.21. The summed E-state index contributed by atoms with van der Waals surface area (Å²) in [6.45, 7) is 1.75. The van der Waals surface area contributed by atoms with E-state index in [4.69, 9.17) is 11.6 Å². The van der Waals surface area contributed by atoms with E-state index in [1.54, 1.807) is 43.3 Å². The van der Waals surface area contributed by atoms with E-state index in [0.29, 0.717) is 28.0 Å². The first-order valence-corrected chi connectivity index (χ1v) is 8.25. The maximum atomic E-state index is 11.9. The minimum Gasteiger partial charge on any atom is -0.324 e. The highest BCUT2D eigenvalue weighted by Gasteiger charge is 2.07. The minimum atomic E-state index is -0.187. The number of nitrogens with zero attached hydrogens (tertiary/aromatic N) is 2. The number of thioether (sulfide) groups is 1. The van der Waals surface area contributed by atoms with Gasteiger partial charge in [-0.2, -0.15) is 0 Å². The maximum absolute atomic E-state index is 11.9. The van der Waals surface area contributed by atoms with Crippen molar-refractivity contribution in [3.8, 4) is 0 Å². The van der Waals surface area contributed by atoms with Gasteiger partial charge in [-0.05, 0) is 24.3 Å². The number of hydrogen-bond donors (Lipinski definition) is 2. The molecule has 0 aliphatic heterocycles. The molecule has 0 fully saturated rings. The first-order chi connectivity index (χ1) is 11.1. The van der Waals surface area contributed by atoms with Crippen molar-refractivity contribution in [3.05, 3.63) is 41.4 Å². The topological polar surface area (TPSA) is 84.0 Å². The zero-order chi connectivity index (χ0) is 16.7. The molecule has 23 heavy (non-hydrogen) atoms. The summed E-state index contributed by atoms with van der Waals surface area (Å²) in [4.78, 5) is 23.1. The third kappa shape index (κ3) is 5.54. The van der Waals surface area contributed by atoms with E-state index in [0.717, 1.165) is 0 Å². The Morgan fingerprint density at radius 3 is 2.52 bits per heavy atom. The van der Waals surface area contributed by atoms with E-state index < -0.39 is 0 Å². The van der Waals surface area contributed by atoms with Crippen molar-refractivity contribution in [1.29, 1.82) is 0 Å². The van der Waals surface area contributed by atoms with Crippen LogP contribution in [0.15, 0.2) is 41.4 Å². The Bertz CT molecular complexity index is 694. The molecule has 1 aromatic carbocycles. The number of anilines is 2. The van der Waals surface area contributed by atoms with Crippen molar-refractivity contribution in [3.63, 3.8) is 0 Å². The van der Waals surface area contributed by atoms with Crippen LogP contribution in [-0.4, -0.2) is 27.8 Å². The second-order valence-electron chi connectivity index (χ2n) is 4.48. The van der Waals surface area contributed by atoms with Crippen LogP contribution in [0.3, 0.4) is 0 Å². The molecule has 2 amide bonds. The van der Waals surface area contributed by atoms with Gasteiger partial charge in [0.2, 0.25) is 11.8 Å². The fourth-order valence-electron chi connectivity index (χ4n) is 1.58. The largest absolute Gasteiger partial charge is 0.324 e. The van der Waals surface area contributed by atoms with Crippen molar-refractivity contribution < 1.29 is 9.59 Å². The number of carbonyl (C=O) groups excluding carboxylic acids is 2. The van der Waals surface area contributed by atoms with E-state index in [-0.39, 0.29) is 17.6 Å². The molecule has 6 nitrogen and oxygen atoms in total. The number of hydrogen-bond acceptors (Lipinski definition) is 5. The summed E-state index contributed by atoms with van der Waals surface area (Å²) in [6.07, 6.45) is 0.375. The summed E-state index contributed by atoms with van der Waals surface area (Å²) in [5.41, 5.74) is 0.573. The van der Waals surface area contributed by atoms with Crippen molar-refractivity contribution in [2.75, 3.05) is 16.4 Å². The molecule has 0 atom stereocenters. The molecule has 120 valence electrons. The molecule has 2 rings (SSSR count). The number of carbonyl (C=O) groups is 2. The summed E-state index contributed by atoms with van der Waals surface area (Å²) in [5.74, 6) is 0.259. The normalized spacial score (nSPS) is 10.2. The molecule has 0 spiro atoms. The average Bonchev–Trinajstić information content (AvgIpc) is 2.56. The van der Waals surface area contributed by atoms with Crippen molar-refractivity contribution in [2.24, 2.45) is 0 Å². The van der Waals surface area contributed by atoms with Gasteiger partial charge in [-0.15, -0.1) is 10.2 Å². The van der Waals surface area contributed by atoms with E-state index in [1.165, 1.54) is 11.8 Å². The molecule has 2 N–H and O–H groups in total. The molecule has 1 aromatic heterocycles. The van der Waals surface area contributed by atoms with Gasteiger partial charge < -0.3 is 10.6 Å². The van der Waals surface area contributed by atoms with E-state index in [9.17, 15) is 9.59 Å². The molecule has 0 unspecified atom stereocenters. The van der Waals surface area contributed by atoms with Gasteiger partial charge in [-0.1, -0.05) is 42.4 Å². The Hall–Kier alpha value is -2.12. The van der Waals surface area contributed by atoms with E-state index >= 15 is 0 Å². The molecule has 0 aliphatic carbocycles. The van der Waals surface area contributed by atoms with Crippen molar-refractivity contribution in [1.82, 2.24) is 10.2 Å². The first-order valence-electron chi connectivity index (χ1n) is 6.89. The lowest BCUT2D eigenvalue weighted by atomic mass is 10.3. The molecule has 0 bridgehead atoms. The second-order valence-corrected chi connectivity index (χ2v) is 5.88. The molecule has 0 saturated heterocycles. The summed E-state index contributed by atoms with van der Waals surface area (Å²) in [7, 11) is 0. The maximum Gasteiger partial charge on any atom is 0.234 e. The molecule has 0 saturated carbocycles. The number of halogens is 1. The van der Waals surface area contributed by atoms with Gasteiger partial charge in [0.25, 0.3) is 0 Å². The van der Waals surface area contributed by atoms with Crippen LogP contribution < -0.4 is 10.6 Å². The van der Waals surface area contributed by atoms with Crippen LogP contribution in [0.25, 0.3) is 0 Å². The van der Waals surface area contributed by atoms with E-state index in [1.807, 2.05) is 0 Å². The quantitative estimate of drug-likeness (QED) is 0.781. The number of rotatable bonds is 6. The van der Waals surface area contributed by atoms with Gasteiger partial charge in [0, 0.05) is 6.42 Å². The SMILES string of the molecule is CCC(=O)Nc1ccc(SCC(=O)Nc2ccccc2Cl)nn1.